The number of fused-ring (bicyclic) bond motifs is 1. The van der Waals surface area contributed by atoms with Crippen molar-refractivity contribution in [3.8, 4) is 0 Å². The molecule has 2 rings (SSSR count). The standard InChI is InChI=1S/C15H18ClNO3/c1-4-20-15(19)13(9(2)3)17-8-10-6-5-7-11(16)12(10)14(17)18/h5-7,9,13H,4,8H2,1-3H3/t13-/m0/s1. The first kappa shape index (κ1) is 14.9. The highest BCUT2D eigenvalue weighted by molar-refractivity contribution is 6.34. The second-order valence-electron chi connectivity index (χ2n) is 5.15. The topological polar surface area (TPSA) is 46.6 Å². The van der Waals surface area contributed by atoms with Crippen LogP contribution in [0, 0.1) is 5.92 Å². The van der Waals surface area contributed by atoms with E-state index in [1.54, 1.807) is 17.9 Å². The highest BCUT2D eigenvalue weighted by atomic mass is 35.5. The van der Waals surface area contributed by atoms with E-state index >= 15 is 0 Å². The monoisotopic (exact) mass is 295 g/mol. The summed E-state index contributed by atoms with van der Waals surface area (Å²) in [6.45, 7) is 6.26. The third kappa shape index (κ3) is 2.52. The molecule has 108 valence electrons. The van der Waals surface area contributed by atoms with Crippen molar-refractivity contribution in [1.29, 1.82) is 0 Å². The van der Waals surface area contributed by atoms with E-state index in [0.717, 1.165) is 5.56 Å². The molecule has 1 heterocycles. The molecule has 5 heteroatoms. The normalized spacial score (nSPS) is 15.4. The van der Waals surface area contributed by atoms with Crippen LogP contribution in [0.3, 0.4) is 0 Å². The maximum atomic E-state index is 12.5. The summed E-state index contributed by atoms with van der Waals surface area (Å²) in [6, 6.07) is 4.79. The molecule has 0 N–H and O–H groups in total. The molecule has 0 aromatic heterocycles. The van der Waals surface area contributed by atoms with Gasteiger partial charge in [0.25, 0.3) is 5.91 Å². The molecule has 0 radical (unpaired) electrons. The van der Waals surface area contributed by atoms with E-state index in [1.807, 2.05) is 26.0 Å². The quantitative estimate of drug-likeness (QED) is 0.803. The summed E-state index contributed by atoms with van der Waals surface area (Å²) in [5, 5.41) is 0.432. The minimum Gasteiger partial charge on any atom is -0.464 e. The second kappa shape index (κ2) is 5.83. The van der Waals surface area contributed by atoms with E-state index in [2.05, 4.69) is 0 Å². The van der Waals surface area contributed by atoms with Crippen molar-refractivity contribution in [2.75, 3.05) is 6.61 Å². The maximum Gasteiger partial charge on any atom is 0.329 e. The van der Waals surface area contributed by atoms with Gasteiger partial charge in [-0.25, -0.2) is 4.79 Å². The lowest BCUT2D eigenvalue weighted by Gasteiger charge is -2.28. The molecule has 1 aromatic rings. The van der Waals surface area contributed by atoms with Gasteiger partial charge in [-0.3, -0.25) is 4.79 Å². The van der Waals surface area contributed by atoms with Gasteiger partial charge in [-0.05, 0) is 24.5 Å². The Morgan fingerprint density at radius 2 is 2.15 bits per heavy atom. The molecule has 0 aliphatic carbocycles. The minimum absolute atomic E-state index is 0.0221. The van der Waals surface area contributed by atoms with Gasteiger partial charge in [-0.2, -0.15) is 0 Å². The predicted molar refractivity (Wildman–Crippen MR) is 76.6 cm³/mol. The van der Waals surface area contributed by atoms with Crippen molar-refractivity contribution in [3.05, 3.63) is 34.3 Å². The molecule has 0 spiro atoms. The fraction of sp³-hybridized carbons (Fsp3) is 0.467. The Labute approximate surface area is 123 Å². The van der Waals surface area contributed by atoms with Crippen LogP contribution in [0.5, 0.6) is 0 Å². The van der Waals surface area contributed by atoms with Gasteiger partial charge in [-0.15, -0.1) is 0 Å². The number of amides is 1. The third-order valence-corrected chi connectivity index (χ3v) is 3.73. The van der Waals surface area contributed by atoms with Crippen molar-refractivity contribution in [2.45, 2.75) is 33.4 Å². The van der Waals surface area contributed by atoms with Gasteiger partial charge in [0.05, 0.1) is 17.2 Å². The number of halogens is 1. The average Bonchev–Trinajstić information content (AvgIpc) is 2.68. The van der Waals surface area contributed by atoms with Crippen molar-refractivity contribution in [2.24, 2.45) is 5.92 Å². The number of hydrogen-bond donors (Lipinski definition) is 0. The third-order valence-electron chi connectivity index (χ3n) is 3.41. The summed E-state index contributed by atoms with van der Waals surface area (Å²) < 4.78 is 5.09. The zero-order chi connectivity index (χ0) is 14.9. The van der Waals surface area contributed by atoms with Crippen molar-refractivity contribution in [1.82, 2.24) is 4.90 Å². The molecule has 1 aliphatic rings. The summed E-state index contributed by atoms with van der Waals surface area (Å²) in [7, 11) is 0. The van der Waals surface area contributed by atoms with Crippen LogP contribution in [0.4, 0.5) is 0 Å². The van der Waals surface area contributed by atoms with Gasteiger partial charge < -0.3 is 9.64 Å². The Hall–Kier alpha value is -1.55. The number of benzene rings is 1. The Morgan fingerprint density at radius 1 is 1.45 bits per heavy atom. The number of carbonyl (C=O) groups is 2. The van der Waals surface area contributed by atoms with Crippen molar-refractivity contribution < 1.29 is 14.3 Å². The Kier molecular flexibility index (Phi) is 4.33. The van der Waals surface area contributed by atoms with Crippen LogP contribution in [0.1, 0.15) is 36.7 Å². The number of nitrogens with zero attached hydrogens (tertiary/aromatic N) is 1. The van der Waals surface area contributed by atoms with E-state index in [-0.39, 0.29) is 17.8 Å². The van der Waals surface area contributed by atoms with E-state index in [4.69, 9.17) is 16.3 Å². The molecule has 0 fully saturated rings. The summed E-state index contributed by atoms with van der Waals surface area (Å²) in [6.07, 6.45) is 0. The van der Waals surface area contributed by atoms with E-state index in [1.165, 1.54) is 0 Å². The zero-order valence-corrected chi connectivity index (χ0v) is 12.6. The van der Waals surface area contributed by atoms with Gasteiger partial charge in [-0.1, -0.05) is 37.6 Å². The van der Waals surface area contributed by atoms with Crippen LogP contribution in [0.2, 0.25) is 5.02 Å². The van der Waals surface area contributed by atoms with Crippen molar-refractivity contribution >= 4 is 23.5 Å². The number of carbonyl (C=O) groups excluding carboxylic acids is 2. The lowest BCUT2D eigenvalue weighted by atomic mass is 10.0. The Balaban J connectivity index is 2.33. The SMILES string of the molecule is CCOC(=O)[C@H](C(C)C)N1Cc2cccc(Cl)c2C1=O. The lowest BCUT2D eigenvalue weighted by Crippen LogP contribution is -2.45. The summed E-state index contributed by atoms with van der Waals surface area (Å²) in [5.41, 5.74) is 1.36. The van der Waals surface area contributed by atoms with E-state index < -0.39 is 6.04 Å². The van der Waals surface area contributed by atoms with Crippen LogP contribution in [-0.2, 0) is 16.1 Å². The smallest absolute Gasteiger partial charge is 0.329 e. The highest BCUT2D eigenvalue weighted by Crippen LogP contribution is 2.32. The first-order valence-corrected chi connectivity index (χ1v) is 7.10. The molecular weight excluding hydrogens is 278 g/mol. The fourth-order valence-electron chi connectivity index (χ4n) is 2.55. The molecule has 1 atom stereocenters. The van der Waals surface area contributed by atoms with Crippen molar-refractivity contribution in [3.63, 3.8) is 0 Å². The molecule has 0 saturated carbocycles. The molecule has 4 nitrogen and oxygen atoms in total. The second-order valence-corrected chi connectivity index (χ2v) is 5.56. The van der Waals surface area contributed by atoms with E-state index in [9.17, 15) is 9.59 Å². The van der Waals surface area contributed by atoms with Crippen LogP contribution in [0.15, 0.2) is 18.2 Å². The first-order valence-electron chi connectivity index (χ1n) is 6.72. The van der Waals surface area contributed by atoms with Gasteiger partial charge in [0.15, 0.2) is 0 Å². The van der Waals surface area contributed by atoms with Gasteiger partial charge >= 0.3 is 5.97 Å². The highest BCUT2D eigenvalue weighted by Gasteiger charge is 2.39. The molecule has 0 bridgehead atoms. The predicted octanol–water partition coefficient (Wildman–Crippen LogP) is 2.88. The van der Waals surface area contributed by atoms with Crippen LogP contribution in [0.25, 0.3) is 0 Å². The first-order chi connectivity index (χ1) is 9.47. The number of rotatable bonds is 4. The van der Waals surface area contributed by atoms with Crippen LogP contribution >= 0.6 is 11.6 Å². The van der Waals surface area contributed by atoms with Gasteiger partial charge in [0.1, 0.15) is 6.04 Å². The molecule has 0 saturated heterocycles. The maximum absolute atomic E-state index is 12.5. The molecule has 0 unspecified atom stereocenters. The van der Waals surface area contributed by atoms with E-state index in [0.29, 0.717) is 23.7 Å². The lowest BCUT2D eigenvalue weighted by molar-refractivity contribution is -0.150. The zero-order valence-electron chi connectivity index (χ0n) is 11.9. The van der Waals surface area contributed by atoms with Crippen LogP contribution < -0.4 is 0 Å². The average molecular weight is 296 g/mol. The number of esters is 1. The summed E-state index contributed by atoms with van der Waals surface area (Å²) in [5.74, 6) is -0.580. The van der Waals surface area contributed by atoms with Crippen LogP contribution in [-0.4, -0.2) is 29.4 Å². The summed E-state index contributed by atoms with van der Waals surface area (Å²) >= 11 is 6.09. The number of ether oxygens (including phenoxy) is 1. The molecular formula is C15H18ClNO3. The largest absolute Gasteiger partial charge is 0.464 e. The Morgan fingerprint density at radius 3 is 2.70 bits per heavy atom. The minimum atomic E-state index is -0.578. The summed E-state index contributed by atoms with van der Waals surface area (Å²) in [4.78, 5) is 26.2. The molecule has 1 aromatic carbocycles. The fourth-order valence-corrected chi connectivity index (χ4v) is 2.83. The molecule has 1 amide bonds. The van der Waals surface area contributed by atoms with Gasteiger partial charge in [0.2, 0.25) is 0 Å². The van der Waals surface area contributed by atoms with Gasteiger partial charge in [0, 0.05) is 6.54 Å². The molecule has 20 heavy (non-hydrogen) atoms. The molecule has 1 aliphatic heterocycles. The Bertz CT molecular complexity index is 542. The number of hydrogen-bond acceptors (Lipinski definition) is 3.